The van der Waals surface area contributed by atoms with E-state index >= 15 is 0 Å². The van der Waals surface area contributed by atoms with E-state index in [1.165, 1.54) is 0 Å². The van der Waals surface area contributed by atoms with Crippen molar-refractivity contribution in [3.8, 4) is 11.1 Å². The Bertz CT molecular complexity index is 534. The number of nitrogens with one attached hydrogen (secondary N) is 1. The third-order valence-corrected chi connectivity index (χ3v) is 3.05. The second-order valence-corrected chi connectivity index (χ2v) is 4.41. The summed E-state index contributed by atoms with van der Waals surface area (Å²) >= 11 is 0. The molecule has 2 aromatic carbocycles. The molecule has 0 spiro atoms. The van der Waals surface area contributed by atoms with Crippen LogP contribution in [0.1, 0.15) is 18.1 Å². The lowest BCUT2D eigenvalue weighted by atomic mass is 9.99. The van der Waals surface area contributed by atoms with E-state index in [1.807, 2.05) is 50.2 Å². The Balaban J connectivity index is 2.33. The van der Waals surface area contributed by atoms with Crippen LogP contribution >= 0.6 is 0 Å². The molecule has 0 radical (unpaired) electrons. The normalized spacial score (nSPS) is 10.6. The zero-order valence-corrected chi connectivity index (χ0v) is 10.8. The summed E-state index contributed by atoms with van der Waals surface area (Å²) in [4.78, 5) is 0. The van der Waals surface area contributed by atoms with Crippen LogP contribution < -0.4 is 5.32 Å². The molecule has 18 heavy (non-hydrogen) atoms. The molecular formula is C16H18FN. The van der Waals surface area contributed by atoms with Crippen LogP contribution in [0.2, 0.25) is 0 Å². The Morgan fingerprint density at radius 1 is 1.06 bits per heavy atom. The molecule has 0 atom stereocenters. The van der Waals surface area contributed by atoms with Crippen LogP contribution in [0, 0.1) is 12.7 Å². The summed E-state index contributed by atoms with van der Waals surface area (Å²) < 4.78 is 14.1. The van der Waals surface area contributed by atoms with Crippen molar-refractivity contribution in [2.75, 3.05) is 6.54 Å². The minimum atomic E-state index is -0.153. The molecule has 0 saturated carbocycles. The van der Waals surface area contributed by atoms with Crippen molar-refractivity contribution in [2.24, 2.45) is 0 Å². The lowest BCUT2D eigenvalue weighted by Crippen LogP contribution is -2.11. The summed E-state index contributed by atoms with van der Waals surface area (Å²) in [7, 11) is 0. The lowest BCUT2D eigenvalue weighted by Gasteiger charge is -2.09. The predicted octanol–water partition coefficient (Wildman–Crippen LogP) is 3.91. The van der Waals surface area contributed by atoms with Gasteiger partial charge in [-0.2, -0.15) is 0 Å². The molecule has 1 N–H and O–H groups in total. The van der Waals surface area contributed by atoms with E-state index in [0.29, 0.717) is 12.1 Å². The minimum Gasteiger partial charge on any atom is -0.313 e. The first kappa shape index (κ1) is 12.8. The predicted molar refractivity (Wildman–Crippen MR) is 74.0 cm³/mol. The van der Waals surface area contributed by atoms with Crippen LogP contribution in [-0.4, -0.2) is 6.54 Å². The van der Waals surface area contributed by atoms with Crippen molar-refractivity contribution in [3.63, 3.8) is 0 Å². The van der Waals surface area contributed by atoms with E-state index in [1.54, 1.807) is 6.07 Å². The van der Waals surface area contributed by atoms with Crippen molar-refractivity contribution < 1.29 is 4.39 Å². The average molecular weight is 243 g/mol. The number of aryl methyl sites for hydroxylation is 1. The first-order valence-electron chi connectivity index (χ1n) is 6.27. The molecule has 0 aliphatic heterocycles. The number of halogens is 1. The molecule has 94 valence electrons. The molecular weight excluding hydrogens is 225 g/mol. The highest BCUT2D eigenvalue weighted by Gasteiger charge is 2.07. The highest BCUT2D eigenvalue weighted by Crippen LogP contribution is 2.26. The van der Waals surface area contributed by atoms with Gasteiger partial charge in [-0.3, -0.25) is 0 Å². The van der Waals surface area contributed by atoms with Gasteiger partial charge in [0, 0.05) is 12.1 Å². The van der Waals surface area contributed by atoms with Crippen molar-refractivity contribution in [2.45, 2.75) is 20.4 Å². The zero-order chi connectivity index (χ0) is 13.0. The number of hydrogen-bond donors (Lipinski definition) is 1. The van der Waals surface area contributed by atoms with E-state index in [9.17, 15) is 4.39 Å². The van der Waals surface area contributed by atoms with Crippen molar-refractivity contribution in [1.82, 2.24) is 5.32 Å². The molecule has 0 aromatic heterocycles. The molecule has 0 amide bonds. The van der Waals surface area contributed by atoms with E-state index in [0.717, 1.165) is 23.2 Å². The van der Waals surface area contributed by atoms with E-state index < -0.39 is 0 Å². The van der Waals surface area contributed by atoms with Gasteiger partial charge < -0.3 is 5.32 Å². The Hall–Kier alpha value is -1.67. The maximum absolute atomic E-state index is 14.1. The van der Waals surface area contributed by atoms with Gasteiger partial charge in [-0.1, -0.05) is 43.3 Å². The second-order valence-electron chi connectivity index (χ2n) is 4.41. The zero-order valence-electron chi connectivity index (χ0n) is 10.8. The van der Waals surface area contributed by atoms with Gasteiger partial charge in [0.05, 0.1) is 0 Å². The number of benzene rings is 2. The summed E-state index contributed by atoms with van der Waals surface area (Å²) in [6.45, 7) is 5.64. The molecule has 0 bridgehead atoms. The number of hydrogen-bond acceptors (Lipinski definition) is 1. The third kappa shape index (κ3) is 2.77. The Morgan fingerprint density at radius 3 is 2.50 bits per heavy atom. The first-order chi connectivity index (χ1) is 8.72. The van der Waals surface area contributed by atoms with Gasteiger partial charge in [-0.25, -0.2) is 4.39 Å². The van der Waals surface area contributed by atoms with E-state index in [-0.39, 0.29) is 5.82 Å². The fourth-order valence-corrected chi connectivity index (χ4v) is 2.03. The van der Waals surface area contributed by atoms with Crippen LogP contribution in [0.15, 0.2) is 42.5 Å². The van der Waals surface area contributed by atoms with Crippen LogP contribution in [0.5, 0.6) is 0 Å². The Morgan fingerprint density at radius 2 is 1.83 bits per heavy atom. The molecule has 0 saturated heterocycles. The van der Waals surface area contributed by atoms with Crippen molar-refractivity contribution in [3.05, 3.63) is 59.4 Å². The smallest absolute Gasteiger partial charge is 0.131 e. The SMILES string of the molecule is CCNCc1ccc(-c2ccccc2C)c(F)c1. The number of rotatable bonds is 4. The monoisotopic (exact) mass is 243 g/mol. The molecule has 0 aliphatic carbocycles. The molecule has 0 heterocycles. The Labute approximate surface area is 108 Å². The third-order valence-electron chi connectivity index (χ3n) is 3.05. The van der Waals surface area contributed by atoms with Gasteiger partial charge in [0.1, 0.15) is 5.82 Å². The van der Waals surface area contributed by atoms with Crippen molar-refractivity contribution in [1.29, 1.82) is 0 Å². The summed E-state index contributed by atoms with van der Waals surface area (Å²) in [5.74, 6) is -0.153. The maximum atomic E-state index is 14.1. The fourth-order valence-electron chi connectivity index (χ4n) is 2.03. The summed E-state index contributed by atoms with van der Waals surface area (Å²) in [5, 5.41) is 3.20. The molecule has 0 fully saturated rings. The van der Waals surface area contributed by atoms with Gasteiger partial charge in [0.25, 0.3) is 0 Å². The average Bonchev–Trinajstić information content (AvgIpc) is 2.38. The van der Waals surface area contributed by atoms with Crippen LogP contribution in [-0.2, 0) is 6.54 Å². The van der Waals surface area contributed by atoms with Crippen molar-refractivity contribution >= 4 is 0 Å². The molecule has 1 nitrogen and oxygen atoms in total. The van der Waals surface area contributed by atoms with E-state index in [2.05, 4.69) is 5.32 Å². The molecule has 2 rings (SSSR count). The van der Waals surface area contributed by atoms with Crippen LogP contribution in [0.25, 0.3) is 11.1 Å². The topological polar surface area (TPSA) is 12.0 Å². The molecule has 2 heteroatoms. The van der Waals surface area contributed by atoms with Crippen LogP contribution in [0.4, 0.5) is 4.39 Å². The highest BCUT2D eigenvalue weighted by atomic mass is 19.1. The standard InChI is InChI=1S/C16H18FN/c1-3-18-11-13-8-9-15(16(17)10-13)14-7-5-4-6-12(14)2/h4-10,18H,3,11H2,1-2H3. The van der Waals surface area contributed by atoms with Gasteiger partial charge >= 0.3 is 0 Å². The molecule has 0 unspecified atom stereocenters. The van der Waals surface area contributed by atoms with Gasteiger partial charge in [-0.05, 0) is 36.2 Å². The Kier molecular flexibility index (Phi) is 4.11. The lowest BCUT2D eigenvalue weighted by molar-refractivity contribution is 0.625. The van der Waals surface area contributed by atoms with Gasteiger partial charge in [-0.15, -0.1) is 0 Å². The van der Waals surface area contributed by atoms with Crippen LogP contribution in [0.3, 0.4) is 0 Å². The summed E-state index contributed by atoms with van der Waals surface area (Å²) in [5.41, 5.74) is 3.71. The molecule has 2 aromatic rings. The summed E-state index contributed by atoms with van der Waals surface area (Å²) in [6, 6.07) is 13.3. The highest BCUT2D eigenvalue weighted by molar-refractivity contribution is 5.67. The van der Waals surface area contributed by atoms with Gasteiger partial charge in [0.15, 0.2) is 0 Å². The largest absolute Gasteiger partial charge is 0.313 e. The first-order valence-corrected chi connectivity index (χ1v) is 6.27. The minimum absolute atomic E-state index is 0.153. The second kappa shape index (κ2) is 5.78. The summed E-state index contributed by atoms with van der Waals surface area (Å²) in [6.07, 6.45) is 0. The fraction of sp³-hybridized carbons (Fsp3) is 0.250. The van der Waals surface area contributed by atoms with Gasteiger partial charge in [0.2, 0.25) is 0 Å². The van der Waals surface area contributed by atoms with E-state index in [4.69, 9.17) is 0 Å². The maximum Gasteiger partial charge on any atom is 0.131 e. The quantitative estimate of drug-likeness (QED) is 0.858. The molecule has 0 aliphatic rings.